The van der Waals surface area contributed by atoms with Crippen LogP contribution in [0.2, 0.25) is 0 Å². The summed E-state index contributed by atoms with van der Waals surface area (Å²) in [4.78, 5) is 36.2. The molecule has 4 rings (SSSR count). The molecular formula is C18H20F3N5O3S. The zero-order chi connectivity index (χ0) is 21.9. The number of alkyl halides is 3. The number of anilines is 2. The van der Waals surface area contributed by atoms with Gasteiger partial charge in [-0.25, -0.2) is 14.8 Å². The second kappa shape index (κ2) is 8.56. The summed E-state index contributed by atoms with van der Waals surface area (Å²) >= 11 is 1.63. The molecule has 1 unspecified atom stereocenters. The minimum Gasteiger partial charge on any atom is -0.475 e. The Morgan fingerprint density at radius 1 is 1.30 bits per heavy atom. The molecule has 0 saturated carbocycles. The van der Waals surface area contributed by atoms with Gasteiger partial charge in [0.1, 0.15) is 12.1 Å². The molecule has 12 heteroatoms. The topological polar surface area (TPSA) is 89.9 Å². The number of amides is 1. The molecule has 1 atom stereocenters. The summed E-state index contributed by atoms with van der Waals surface area (Å²) in [5.41, 5.74) is 1.01. The van der Waals surface area contributed by atoms with E-state index in [0.29, 0.717) is 6.54 Å². The monoisotopic (exact) mass is 443 g/mol. The number of rotatable bonds is 2. The molecule has 0 aromatic carbocycles. The van der Waals surface area contributed by atoms with E-state index in [4.69, 9.17) is 9.90 Å². The van der Waals surface area contributed by atoms with E-state index in [2.05, 4.69) is 26.8 Å². The third kappa shape index (κ3) is 4.70. The van der Waals surface area contributed by atoms with Crippen LogP contribution in [0.4, 0.5) is 24.7 Å². The van der Waals surface area contributed by atoms with Crippen LogP contribution in [0, 0.1) is 0 Å². The summed E-state index contributed by atoms with van der Waals surface area (Å²) in [7, 11) is 2.06. The predicted molar refractivity (Wildman–Crippen MR) is 105 cm³/mol. The fraction of sp³-hybridized carbons (Fsp3) is 0.444. The number of nitrogens with zero attached hydrogens (tertiary/aromatic N) is 5. The van der Waals surface area contributed by atoms with Gasteiger partial charge in [-0.3, -0.25) is 9.69 Å². The van der Waals surface area contributed by atoms with E-state index in [-0.39, 0.29) is 11.4 Å². The van der Waals surface area contributed by atoms with Gasteiger partial charge < -0.3 is 14.9 Å². The number of hydrogen-bond donors (Lipinski definition) is 1. The van der Waals surface area contributed by atoms with Crippen molar-refractivity contribution >= 4 is 34.7 Å². The van der Waals surface area contributed by atoms with Gasteiger partial charge in [0.2, 0.25) is 5.91 Å². The molecule has 0 radical (unpaired) electrons. The zero-order valence-electron chi connectivity index (χ0n) is 16.0. The number of carbonyl (C=O) groups is 2. The highest BCUT2D eigenvalue weighted by atomic mass is 32.1. The van der Waals surface area contributed by atoms with Crippen molar-refractivity contribution in [3.8, 4) is 0 Å². The molecule has 2 aliphatic rings. The molecule has 2 aliphatic heterocycles. The number of aliphatic carboxylic acids is 1. The SMILES string of the molecule is CN1CC(=O)N(c2ccsc2)CC12CCN(c1ccncn1)C2.O=C(O)C(F)(F)F. The van der Waals surface area contributed by atoms with Crippen molar-refractivity contribution in [2.24, 2.45) is 0 Å². The second-order valence-corrected chi connectivity index (χ2v) is 7.86. The van der Waals surface area contributed by atoms with Crippen LogP contribution in [0.15, 0.2) is 35.4 Å². The maximum atomic E-state index is 12.4. The van der Waals surface area contributed by atoms with Gasteiger partial charge in [-0.15, -0.1) is 0 Å². The van der Waals surface area contributed by atoms with E-state index in [1.807, 2.05) is 27.8 Å². The van der Waals surface area contributed by atoms with Gasteiger partial charge >= 0.3 is 12.1 Å². The van der Waals surface area contributed by atoms with Gasteiger partial charge in [0.15, 0.2) is 0 Å². The van der Waals surface area contributed by atoms with Crippen LogP contribution in [-0.2, 0) is 9.59 Å². The lowest BCUT2D eigenvalue weighted by molar-refractivity contribution is -0.192. The normalized spacial score (nSPS) is 22.2. The van der Waals surface area contributed by atoms with Gasteiger partial charge in [0.05, 0.1) is 17.8 Å². The third-order valence-electron chi connectivity index (χ3n) is 5.22. The zero-order valence-corrected chi connectivity index (χ0v) is 16.9. The smallest absolute Gasteiger partial charge is 0.475 e. The second-order valence-electron chi connectivity index (χ2n) is 7.08. The molecule has 8 nitrogen and oxygen atoms in total. The van der Waals surface area contributed by atoms with Crippen molar-refractivity contribution < 1.29 is 27.9 Å². The lowest BCUT2D eigenvalue weighted by Crippen LogP contribution is -2.64. The lowest BCUT2D eigenvalue weighted by Gasteiger charge is -2.46. The van der Waals surface area contributed by atoms with Crippen LogP contribution < -0.4 is 9.80 Å². The fourth-order valence-corrected chi connectivity index (χ4v) is 4.21. The Hall–Kier alpha value is -2.73. The molecule has 1 spiro atoms. The predicted octanol–water partition coefficient (Wildman–Crippen LogP) is 2.10. The number of halogens is 3. The summed E-state index contributed by atoms with van der Waals surface area (Å²) in [6.07, 6.45) is -0.688. The van der Waals surface area contributed by atoms with E-state index in [1.165, 1.54) is 0 Å². The molecule has 2 aromatic rings. The van der Waals surface area contributed by atoms with E-state index in [1.54, 1.807) is 23.9 Å². The van der Waals surface area contributed by atoms with Crippen LogP contribution in [0.1, 0.15) is 6.42 Å². The first-order valence-electron chi connectivity index (χ1n) is 8.97. The molecule has 1 amide bonds. The highest BCUT2D eigenvalue weighted by Gasteiger charge is 2.48. The Kier molecular flexibility index (Phi) is 6.27. The first kappa shape index (κ1) is 22.0. The highest BCUT2D eigenvalue weighted by molar-refractivity contribution is 7.08. The molecule has 30 heavy (non-hydrogen) atoms. The summed E-state index contributed by atoms with van der Waals surface area (Å²) < 4.78 is 31.7. The summed E-state index contributed by atoms with van der Waals surface area (Å²) in [5.74, 6) is -1.62. The lowest BCUT2D eigenvalue weighted by atomic mass is 9.93. The van der Waals surface area contributed by atoms with Crippen molar-refractivity contribution in [1.29, 1.82) is 0 Å². The maximum absolute atomic E-state index is 12.4. The van der Waals surface area contributed by atoms with Crippen LogP contribution >= 0.6 is 11.3 Å². The first-order chi connectivity index (χ1) is 14.1. The highest BCUT2D eigenvalue weighted by Crippen LogP contribution is 2.35. The van der Waals surface area contributed by atoms with E-state index in [9.17, 15) is 18.0 Å². The van der Waals surface area contributed by atoms with Gasteiger partial charge in [0, 0.05) is 31.2 Å². The molecule has 1 N–H and O–H groups in total. The molecule has 2 fully saturated rings. The van der Waals surface area contributed by atoms with Crippen molar-refractivity contribution in [3.05, 3.63) is 35.4 Å². The third-order valence-corrected chi connectivity index (χ3v) is 5.89. The number of aromatic nitrogens is 2. The average Bonchev–Trinajstić information content (AvgIpc) is 3.36. The van der Waals surface area contributed by atoms with E-state index < -0.39 is 12.1 Å². The van der Waals surface area contributed by atoms with Crippen LogP contribution in [-0.4, -0.2) is 76.8 Å². The van der Waals surface area contributed by atoms with Crippen LogP contribution in [0.5, 0.6) is 0 Å². The molecule has 2 aromatic heterocycles. The van der Waals surface area contributed by atoms with Gasteiger partial charge in [0.25, 0.3) is 0 Å². The van der Waals surface area contributed by atoms with E-state index in [0.717, 1.165) is 37.6 Å². The number of thiophene rings is 1. The van der Waals surface area contributed by atoms with Gasteiger partial charge in [-0.1, -0.05) is 0 Å². The molecule has 0 bridgehead atoms. The quantitative estimate of drug-likeness (QED) is 0.760. The number of carboxylic acids is 1. The summed E-state index contributed by atoms with van der Waals surface area (Å²) in [5, 5.41) is 11.2. The number of hydrogen-bond acceptors (Lipinski definition) is 7. The van der Waals surface area contributed by atoms with Crippen molar-refractivity contribution in [2.75, 3.05) is 43.0 Å². The molecule has 0 aliphatic carbocycles. The Labute approximate surface area is 174 Å². The maximum Gasteiger partial charge on any atom is 0.490 e. The van der Waals surface area contributed by atoms with Crippen LogP contribution in [0.25, 0.3) is 0 Å². The van der Waals surface area contributed by atoms with Gasteiger partial charge in [-0.2, -0.15) is 24.5 Å². The Morgan fingerprint density at radius 2 is 2.03 bits per heavy atom. The van der Waals surface area contributed by atoms with Crippen molar-refractivity contribution in [3.63, 3.8) is 0 Å². The standard InChI is InChI=1S/C16H19N5OS.C2HF3O2/c1-19-8-15(22)21(13-3-7-23-9-13)11-16(19)4-6-20(10-16)14-2-5-17-12-18-14;3-2(4,5)1(6)7/h2-3,5,7,9,12H,4,6,8,10-11H2,1H3;(H,6,7). The average molecular weight is 443 g/mol. The van der Waals surface area contributed by atoms with Crippen molar-refractivity contribution in [1.82, 2.24) is 14.9 Å². The number of piperazine rings is 1. The molecular weight excluding hydrogens is 423 g/mol. The largest absolute Gasteiger partial charge is 0.490 e. The first-order valence-corrected chi connectivity index (χ1v) is 9.91. The summed E-state index contributed by atoms with van der Waals surface area (Å²) in [6.45, 7) is 3.04. The summed E-state index contributed by atoms with van der Waals surface area (Å²) in [6, 6.07) is 3.97. The van der Waals surface area contributed by atoms with Crippen LogP contribution in [0.3, 0.4) is 0 Å². The number of likely N-dealkylation sites (N-methyl/N-ethyl adjacent to an activating group) is 1. The molecule has 2 saturated heterocycles. The molecule has 4 heterocycles. The number of carbonyl (C=O) groups excluding carboxylic acids is 1. The number of carboxylic acid groups (broad SMARTS) is 1. The molecule has 162 valence electrons. The van der Waals surface area contributed by atoms with E-state index >= 15 is 0 Å². The Bertz CT molecular complexity index is 881. The van der Waals surface area contributed by atoms with Crippen molar-refractivity contribution in [2.45, 2.75) is 18.1 Å². The van der Waals surface area contributed by atoms with Gasteiger partial charge in [-0.05, 0) is 31.0 Å². The fourth-order valence-electron chi connectivity index (χ4n) is 3.57. The Balaban J connectivity index is 0.000000318. The minimum atomic E-state index is -5.08. The Morgan fingerprint density at radius 3 is 2.60 bits per heavy atom. The minimum absolute atomic E-state index is 0.0131.